The van der Waals surface area contributed by atoms with Crippen molar-refractivity contribution in [3.63, 3.8) is 0 Å². The summed E-state index contributed by atoms with van der Waals surface area (Å²) in [5.74, 6) is -0.852. The van der Waals surface area contributed by atoms with E-state index >= 15 is 0 Å². The fraction of sp³-hybridized carbons (Fsp3) is 0.167. The Morgan fingerprint density at radius 3 is 2.53 bits per heavy atom. The van der Waals surface area contributed by atoms with Gasteiger partial charge in [0.1, 0.15) is 6.54 Å². The molecule has 0 aromatic heterocycles. The first-order chi connectivity index (χ1) is 15.5. The third kappa shape index (κ3) is 3.61. The summed E-state index contributed by atoms with van der Waals surface area (Å²) < 4.78 is 0. The Morgan fingerprint density at radius 2 is 1.78 bits per heavy atom. The van der Waals surface area contributed by atoms with Crippen LogP contribution in [0.5, 0.6) is 0 Å². The summed E-state index contributed by atoms with van der Waals surface area (Å²) in [6, 6.07) is 20.3. The van der Waals surface area contributed by atoms with Gasteiger partial charge in [0.05, 0.1) is 18.3 Å². The lowest BCUT2D eigenvalue weighted by atomic mass is 9.95. The molecule has 4 amide bonds. The number of imide groups is 1. The van der Waals surface area contributed by atoms with Crippen LogP contribution in [0.25, 0.3) is 10.8 Å². The highest BCUT2D eigenvalue weighted by molar-refractivity contribution is 6.30. The molecule has 0 aliphatic carbocycles. The minimum absolute atomic E-state index is 0.1000. The second-order valence-electron chi connectivity index (χ2n) is 7.72. The van der Waals surface area contributed by atoms with Crippen LogP contribution in [0, 0.1) is 0 Å². The van der Waals surface area contributed by atoms with E-state index in [0.29, 0.717) is 11.4 Å². The summed E-state index contributed by atoms with van der Waals surface area (Å²) in [6.45, 7) is -0.460. The largest absolute Gasteiger partial charge is 0.329 e. The number of carbonyl (C=O) groups excluding carboxylic acids is 3. The van der Waals surface area contributed by atoms with Crippen LogP contribution in [-0.4, -0.2) is 46.6 Å². The van der Waals surface area contributed by atoms with Crippen molar-refractivity contribution in [1.29, 1.82) is 0 Å². The lowest BCUT2D eigenvalue weighted by Gasteiger charge is -2.23. The third-order valence-corrected chi connectivity index (χ3v) is 6.00. The highest BCUT2D eigenvalue weighted by Crippen LogP contribution is 2.35. The van der Waals surface area contributed by atoms with Crippen LogP contribution < -0.4 is 5.32 Å². The van der Waals surface area contributed by atoms with Crippen LogP contribution in [0.1, 0.15) is 23.6 Å². The van der Waals surface area contributed by atoms with Crippen molar-refractivity contribution in [3.8, 4) is 0 Å². The van der Waals surface area contributed by atoms with E-state index in [1.165, 1.54) is 5.01 Å². The molecule has 5 rings (SSSR count). The zero-order valence-corrected chi connectivity index (χ0v) is 17.7. The van der Waals surface area contributed by atoms with E-state index in [9.17, 15) is 14.4 Å². The van der Waals surface area contributed by atoms with Crippen molar-refractivity contribution in [2.45, 2.75) is 12.5 Å². The maximum Gasteiger partial charge on any atom is 0.325 e. The molecular formula is C24H19ClN4O3. The molecule has 0 spiro atoms. The van der Waals surface area contributed by atoms with Crippen LogP contribution in [0.4, 0.5) is 4.79 Å². The quantitative estimate of drug-likeness (QED) is 0.620. The van der Waals surface area contributed by atoms with E-state index in [2.05, 4.69) is 10.4 Å². The van der Waals surface area contributed by atoms with Gasteiger partial charge in [-0.3, -0.25) is 14.5 Å². The number of hydrogen-bond donors (Lipinski definition) is 1. The van der Waals surface area contributed by atoms with E-state index < -0.39 is 17.8 Å². The van der Waals surface area contributed by atoms with E-state index in [1.807, 2.05) is 54.6 Å². The lowest BCUT2D eigenvalue weighted by molar-refractivity contribution is -0.137. The van der Waals surface area contributed by atoms with Gasteiger partial charge in [0.15, 0.2) is 0 Å². The van der Waals surface area contributed by atoms with Gasteiger partial charge in [-0.2, -0.15) is 5.10 Å². The molecule has 2 aliphatic heterocycles. The summed E-state index contributed by atoms with van der Waals surface area (Å²) in [5, 5.41) is 11.2. The molecule has 2 aliphatic rings. The number of nitrogens with one attached hydrogen (secondary N) is 1. The van der Waals surface area contributed by atoms with E-state index in [1.54, 1.807) is 12.1 Å². The number of rotatable bonds is 4. The number of urea groups is 1. The zero-order chi connectivity index (χ0) is 22.2. The number of amides is 4. The van der Waals surface area contributed by atoms with Crippen molar-refractivity contribution in [2.24, 2.45) is 5.10 Å². The fourth-order valence-electron chi connectivity index (χ4n) is 4.15. The van der Waals surface area contributed by atoms with Crippen molar-refractivity contribution < 1.29 is 14.4 Å². The molecule has 1 saturated heterocycles. The maximum atomic E-state index is 13.2. The van der Waals surface area contributed by atoms with Gasteiger partial charge in [-0.1, -0.05) is 66.2 Å². The second-order valence-corrected chi connectivity index (χ2v) is 8.16. The summed E-state index contributed by atoms with van der Waals surface area (Å²) in [7, 11) is 0. The van der Waals surface area contributed by atoms with E-state index in [4.69, 9.17) is 11.6 Å². The number of hydrazone groups is 1. The summed E-state index contributed by atoms with van der Waals surface area (Å²) in [6.07, 6.45) is 0.502. The predicted molar refractivity (Wildman–Crippen MR) is 121 cm³/mol. The number of benzene rings is 3. The smallest absolute Gasteiger partial charge is 0.325 e. The minimum atomic E-state index is -0.566. The van der Waals surface area contributed by atoms with Gasteiger partial charge >= 0.3 is 6.03 Å². The van der Waals surface area contributed by atoms with Gasteiger partial charge < -0.3 is 5.32 Å². The van der Waals surface area contributed by atoms with Crippen molar-refractivity contribution in [1.82, 2.24) is 15.2 Å². The molecule has 0 saturated carbocycles. The van der Waals surface area contributed by atoms with Crippen LogP contribution in [0.3, 0.4) is 0 Å². The van der Waals surface area contributed by atoms with Gasteiger partial charge in [0, 0.05) is 17.0 Å². The monoisotopic (exact) mass is 446 g/mol. The van der Waals surface area contributed by atoms with Crippen LogP contribution in [0.2, 0.25) is 5.02 Å². The zero-order valence-electron chi connectivity index (χ0n) is 17.0. The Labute approximate surface area is 189 Å². The maximum absolute atomic E-state index is 13.2. The molecule has 0 radical (unpaired) electrons. The molecule has 0 bridgehead atoms. The molecule has 1 atom stereocenters. The van der Waals surface area contributed by atoms with Gasteiger partial charge in [0.2, 0.25) is 0 Å². The SMILES string of the molecule is O=C1CNC(=O)N1CC(=O)N1N=C(c2cccc3ccccc23)CC1c1ccc(Cl)cc1. The molecule has 7 nitrogen and oxygen atoms in total. The molecule has 32 heavy (non-hydrogen) atoms. The molecule has 1 N–H and O–H groups in total. The molecule has 3 aromatic rings. The number of hydrogen-bond acceptors (Lipinski definition) is 4. The second kappa shape index (κ2) is 8.09. The molecule has 1 fully saturated rings. The first kappa shape index (κ1) is 20.2. The van der Waals surface area contributed by atoms with Crippen LogP contribution in [-0.2, 0) is 9.59 Å². The number of halogens is 1. The highest BCUT2D eigenvalue weighted by Gasteiger charge is 2.37. The summed E-state index contributed by atoms with van der Waals surface area (Å²) in [5.41, 5.74) is 2.60. The van der Waals surface area contributed by atoms with Crippen LogP contribution in [0.15, 0.2) is 71.8 Å². The first-order valence-electron chi connectivity index (χ1n) is 10.2. The lowest BCUT2D eigenvalue weighted by Crippen LogP contribution is -2.41. The Kier molecular flexibility index (Phi) is 5.11. The average Bonchev–Trinajstić information content (AvgIpc) is 3.38. The molecule has 1 unspecified atom stereocenters. The number of carbonyl (C=O) groups is 3. The molecule has 8 heteroatoms. The van der Waals surface area contributed by atoms with Crippen molar-refractivity contribution in [2.75, 3.05) is 13.1 Å². The molecule has 2 heterocycles. The summed E-state index contributed by atoms with van der Waals surface area (Å²) in [4.78, 5) is 38.0. The molecule has 160 valence electrons. The number of fused-ring (bicyclic) bond motifs is 1. The summed E-state index contributed by atoms with van der Waals surface area (Å²) >= 11 is 6.05. The normalized spacial score (nSPS) is 18.3. The standard InChI is InChI=1S/C24H19ClN4O3/c25-17-10-8-16(9-11-17)21-12-20(19-7-3-5-15-4-1-2-6-18(15)19)27-29(21)23(31)14-28-22(30)13-26-24(28)32/h1-11,21H,12-14H2,(H,26,32). The Morgan fingerprint density at radius 1 is 1.03 bits per heavy atom. The van der Waals surface area contributed by atoms with Crippen molar-refractivity contribution >= 4 is 45.9 Å². The van der Waals surface area contributed by atoms with E-state index in [0.717, 1.165) is 32.5 Å². The highest BCUT2D eigenvalue weighted by atomic mass is 35.5. The van der Waals surface area contributed by atoms with Gasteiger partial charge in [-0.05, 0) is 28.5 Å². The van der Waals surface area contributed by atoms with Gasteiger partial charge in [0.25, 0.3) is 11.8 Å². The Bertz CT molecular complexity index is 1250. The Hall–Kier alpha value is -3.71. The first-order valence-corrected chi connectivity index (χ1v) is 10.6. The molecule has 3 aromatic carbocycles. The fourth-order valence-corrected chi connectivity index (χ4v) is 4.27. The minimum Gasteiger partial charge on any atom is -0.329 e. The van der Waals surface area contributed by atoms with Gasteiger partial charge in [-0.15, -0.1) is 0 Å². The number of nitrogens with zero attached hydrogens (tertiary/aromatic N) is 3. The third-order valence-electron chi connectivity index (χ3n) is 5.75. The van der Waals surface area contributed by atoms with Crippen LogP contribution >= 0.6 is 11.6 Å². The Balaban J connectivity index is 1.52. The molecular weight excluding hydrogens is 428 g/mol. The van der Waals surface area contributed by atoms with Gasteiger partial charge in [-0.25, -0.2) is 9.80 Å². The topological polar surface area (TPSA) is 82.1 Å². The van der Waals surface area contributed by atoms with Crippen molar-refractivity contribution in [3.05, 3.63) is 82.9 Å². The average molecular weight is 447 g/mol. The van der Waals surface area contributed by atoms with E-state index in [-0.39, 0.29) is 19.1 Å². The predicted octanol–water partition coefficient (Wildman–Crippen LogP) is 3.72.